The van der Waals surface area contributed by atoms with E-state index < -0.39 is 0 Å². The highest BCUT2D eigenvalue weighted by Crippen LogP contribution is 2.45. The van der Waals surface area contributed by atoms with Crippen molar-refractivity contribution < 1.29 is 19.0 Å². The summed E-state index contributed by atoms with van der Waals surface area (Å²) in [7, 11) is 1.64. The third kappa shape index (κ3) is 2.95. The van der Waals surface area contributed by atoms with Crippen LogP contribution in [0.1, 0.15) is 32.5 Å². The van der Waals surface area contributed by atoms with Gasteiger partial charge in [0.25, 0.3) is 5.91 Å². The Morgan fingerprint density at radius 2 is 2.00 bits per heavy atom. The molecule has 1 unspecified atom stereocenters. The Kier molecular flexibility index (Phi) is 4.39. The number of rotatable bonds is 5. The second-order valence-corrected chi connectivity index (χ2v) is 8.61. The number of nitrogens with zero attached hydrogens (tertiary/aromatic N) is 2. The van der Waals surface area contributed by atoms with Gasteiger partial charge in [0, 0.05) is 22.5 Å². The van der Waals surface area contributed by atoms with Crippen LogP contribution in [0.2, 0.25) is 0 Å². The Hall–Kier alpha value is -3.78. The number of thiophene rings is 1. The number of fused-ring (bicyclic) bond motifs is 2. The summed E-state index contributed by atoms with van der Waals surface area (Å²) < 4.78 is 16.2. The van der Waals surface area contributed by atoms with E-state index in [4.69, 9.17) is 14.2 Å². The third-order valence-corrected chi connectivity index (χ3v) is 6.75. The Bertz CT molecular complexity index is 1300. The summed E-state index contributed by atoms with van der Waals surface area (Å²) >= 11 is 1.63. The van der Waals surface area contributed by atoms with E-state index in [0.29, 0.717) is 18.0 Å². The van der Waals surface area contributed by atoms with Crippen LogP contribution in [0.15, 0.2) is 60.0 Å². The van der Waals surface area contributed by atoms with E-state index in [1.807, 2.05) is 58.8 Å². The number of carbonyl (C=O) groups excluding carboxylic acids is 1. The topological polar surface area (TPSA) is 76.7 Å². The van der Waals surface area contributed by atoms with Crippen LogP contribution >= 0.6 is 11.3 Å². The Labute approximate surface area is 188 Å². The lowest BCUT2D eigenvalue weighted by Crippen LogP contribution is -2.28. The van der Waals surface area contributed by atoms with E-state index in [2.05, 4.69) is 16.3 Å². The summed E-state index contributed by atoms with van der Waals surface area (Å²) in [6, 6.07) is 17.4. The fourth-order valence-electron chi connectivity index (χ4n) is 4.31. The maximum absolute atomic E-state index is 13.5. The monoisotopic (exact) mass is 445 g/mol. The molecular weight excluding hydrogens is 426 g/mol. The number of aromatic nitrogens is 2. The van der Waals surface area contributed by atoms with E-state index in [-0.39, 0.29) is 18.7 Å². The molecule has 8 heteroatoms. The predicted octanol–water partition coefficient (Wildman–Crippen LogP) is 4.62. The standard InChI is InChI=1S/C24H19N3O4S/c1-29-16-7-5-15(6-8-16)21-20-22(26-25-21)24(28)27(23(20)19-3-2-10-32-19)12-14-4-9-17-18(11-14)31-13-30-17/h2-11,23H,12-13H2,1H3,(H,25,26). The van der Waals surface area contributed by atoms with Gasteiger partial charge in [0.1, 0.15) is 11.4 Å². The molecule has 4 aromatic rings. The molecule has 0 aliphatic carbocycles. The second kappa shape index (κ2) is 7.42. The Morgan fingerprint density at radius 3 is 2.78 bits per heavy atom. The molecule has 2 aromatic heterocycles. The van der Waals surface area contributed by atoms with Gasteiger partial charge in [-0.05, 0) is 53.4 Å². The maximum atomic E-state index is 13.5. The number of amides is 1. The summed E-state index contributed by atoms with van der Waals surface area (Å²) in [5.41, 5.74) is 4.14. The number of hydrogen-bond acceptors (Lipinski definition) is 6. The van der Waals surface area contributed by atoms with Crippen molar-refractivity contribution in [3.63, 3.8) is 0 Å². The number of methoxy groups -OCH3 is 1. The van der Waals surface area contributed by atoms with Crippen molar-refractivity contribution in [3.8, 4) is 28.5 Å². The number of hydrogen-bond donors (Lipinski definition) is 1. The van der Waals surface area contributed by atoms with E-state index in [1.54, 1.807) is 18.4 Å². The highest BCUT2D eigenvalue weighted by atomic mass is 32.1. The SMILES string of the molecule is COc1ccc(-c2n[nH]c3c2C(c2cccs2)N(Cc2ccc4c(c2)OCO4)C3=O)cc1. The molecule has 1 atom stereocenters. The first-order valence-corrected chi connectivity index (χ1v) is 11.1. The third-order valence-electron chi connectivity index (χ3n) is 5.83. The van der Waals surface area contributed by atoms with Gasteiger partial charge in [-0.1, -0.05) is 12.1 Å². The Morgan fingerprint density at radius 1 is 1.16 bits per heavy atom. The zero-order valence-electron chi connectivity index (χ0n) is 17.2. The van der Waals surface area contributed by atoms with Crippen molar-refractivity contribution >= 4 is 17.2 Å². The zero-order chi connectivity index (χ0) is 21.7. The van der Waals surface area contributed by atoms with E-state index >= 15 is 0 Å². The van der Waals surface area contributed by atoms with Crippen LogP contribution < -0.4 is 14.2 Å². The van der Waals surface area contributed by atoms with Crippen molar-refractivity contribution in [1.82, 2.24) is 15.1 Å². The molecule has 2 aliphatic rings. The van der Waals surface area contributed by atoms with Gasteiger partial charge < -0.3 is 19.1 Å². The van der Waals surface area contributed by atoms with Crippen LogP contribution in [0.4, 0.5) is 0 Å². The summed E-state index contributed by atoms with van der Waals surface area (Å²) in [5.74, 6) is 2.15. The van der Waals surface area contributed by atoms with Crippen LogP contribution in [0.3, 0.4) is 0 Å². The largest absolute Gasteiger partial charge is 0.497 e. The molecule has 32 heavy (non-hydrogen) atoms. The molecule has 7 nitrogen and oxygen atoms in total. The lowest BCUT2D eigenvalue weighted by molar-refractivity contribution is 0.0732. The average Bonchev–Trinajstić information content (AvgIpc) is 3.61. The molecule has 0 radical (unpaired) electrons. The number of carbonyl (C=O) groups is 1. The summed E-state index contributed by atoms with van der Waals surface area (Å²) in [6.07, 6.45) is 0. The van der Waals surface area contributed by atoms with Crippen molar-refractivity contribution in [2.75, 3.05) is 13.9 Å². The number of ether oxygens (including phenoxy) is 3. The van der Waals surface area contributed by atoms with Gasteiger partial charge >= 0.3 is 0 Å². The van der Waals surface area contributed by atoms with Crippen LogP contribution in [-0.4, -0.2) is 34.9 Å². The number of benzene rings is 2. The molecule has 0 bridgehead atoms. The van der Waals surface area contributed by atoms with Gasteiger partial charge in [-0.2, -0.15) is 5.10 Å². The second-order valence-electron chi connectivity index (χ2n) is 7.63. The molecule has 6 rings (SSSR count). The molecule has 2 aliphatic heterocycles. The molecule has 1 amide bonds. The van der Waals surface area contributed by atoms with Gasteiger partial charge in [-0.3, -0.25) is 9.89 Å². The highest BCUT2D eigenvalue weighted by Gasteiger charge is 2.42. The molecule has 160 valence electrons. The van der Waals surface area contributed by atoms with Crippen LogP contribution in [-0.2, 0) is 6.54 Å². The van der Waals surface area contributed by atoms with Crippen LogP contribution in [0.25, 0.3) is 11.3 Å². The van der Waals surface area contributed by atoms with E-state index in [1.165, 1.54) is 0 Å². The molecule has 0 fully saturated rings. The minimum Gasteiger partial charge on any atom is -0.497 e. The average molecular weight is 446 g/mol. The Balaban J connectivity index is 1.42. The smallest absolute Gasteiger partial charge is 0.273 e. The minimum atomic E-state index is -0.223. The van der Waals surface area contributed by atoms with E-state index in [9.17, 15) is 4.79 Å². The minimum absolute atomic E-state index is 0.0664. The first-order chi connectivity index (χ1) is 15.7. The summed E-state index contributed by atoms with van der Waals surface area (Å²) in [6.45, 7) is 0.670. The van der Waals surface area contributed by atoms with Crippen molar-refractivity contribution in [2.24, 2.45) is 0 Å². The molecule has 0 saturated carbocycles. The predicted molar refractivity (Wildman–Crippen MR) is 119 cm³/mol. The zero-order valence-corrected chi connectivity index (χ0v) is 18.0. The van der Waals surface area contributed by atoms with Gasteiger partial charge in [-0.25, -0.2) is 0 Å². The van der Waals surface area contributed by atoms with Gasteiger partial charge in [0.15, 0.2) is 11.5 Å². The van der Waals surface area contributed by atoms with Crippen LogP contribution in [0.5, 0.6) is 17.2 Å². The molecule has 0 spiro atoms. The fourth-order valence-corrected chi connectivity index (χ4v) is 5.15. The van der Waals surface area contributed by atoms with Gasteiger partial charge in [0.05, 0.1) is 18.8 Å². The summed E-state index contributed by atoms with van der Waals surface area (Å²) in [5, 5.41) is 9.55. The van der Waals surface area contributed by atoms with Crippen molar-refractivity contribution in [3.05, 3.63) is 81.7 Å². The number of aromatic amines is 1. The quantitative estimate of drug-likeness (QED) is 0.485. The molecule has 1 N–H and O–H groups in total. The highest BCUT2D eigenvalue weighted by molar-refractivity contribution is 7.10. The normalized spacial score (nSPS) is 16.5. The van der Waals surface area contributed by atoms with Crippen LogP contribution in [0, 0.1) is 0 Å². The lowest BCUT2D eigenvalue weighted by Gasteiger charge is -2.25. The number of H-pyrrole nitrogens is 1. The first-order valence-electron chi connectivity index (χ1n) is 10.2. The molecule has 4 heterocycles. The molecular formula is C24H19N3O4S. The van der Waals surface area contributed by atoms with Gasteiger partial charge in [0.2, 0.25) is 6.79 Å². The van der Waals surface area contributed by atoms with Gasteiger partial charge in [-0.15, -0.1) is 11.3 Å². The fraction of sp³-hybridized carbons (Fsp3) is 0.167. The summed E-state index contributed by atoms with van der Waals surface area (Å²) in [4.78, 5) is 16.4. The first kappa shape index (κ1) is 18.9. The van der Waals surface area contributed by atoms with E-state index in [0.717, 1.165) is 38.8 Å². The number of nitrogens with one attached hydrogen (secondary N) is 1. The molecule has 2 aromatic carbocycles. The van der Waals surface area contributed by atoms with Crippen molar-refractivity contribution in [2.45, 2.75) is 12.6 Å². The van der Waals surface area contributed by atoms with Crippen molar-refractivity contribution in [1.29, 1.82) is 0 Å². The molecule has 0 saturated heterocycles. The maximum Gasteiger partial charge on any atom is 0.273 e. The lowest BCUT2D eigenvalue weighted by atomic mass is 10.0.